The number of urea groups is 1. The quantitative estimate of drug-likeness (QED) is 0.812. The zero-order valence-corrected chi connectivity index (χ0v) is 14.1. The highest BCUT2D eigenvalue weighted by Crippen LogP contribution is 2.24. The number of amides is 2. The first-order valence-electron chi connectivity index (χ1n) is 7.96. The molecule has 7 nitrogen and oxygen atoms in total. The van der Waals surface area contributed by atoms with Crippen molar-refractivity contribution < 1.29 is 14.3 Å². The Bertz CT molecular complexity index is 691. The van der Waals surface area contributed by atoms with Gasteiger partial charge in [-0.25, -0.2) is 9.78 Å². The number of carbonyl (C=O) groups excluding carboxylic acids is 1. The number of anilines is 2. The molecule has 2 aromatic rings. The van der Waals surface area contributed by atoms with Gasteiger partial charge < -0.3 is 20.1 Å². The normalized spacial score (nSPS) is 10.1. The first kappa shape index (κ1) is 17.5. The molecule has 7 heteroatoms. The van der Waals surface area contributed by atoms with Crippen LogP contribution in [0.25, 0.3) is 0 Å². The summed E-state index contributed by atoms with van der Waals surface area (Å²) in [5.41, 5.74) is 2.20. The maximum atomic E-state index is 12.3. The Morgan fingerprint density at radius 1 is 1.04 bits per heavy atom. The fourth-order valence-corrected chi connectivity index (χ4v) is 2.11. The number of carbonyl (C=O) groups is 1. The number of benzene rings is 1. The SMILES string of the molecule is CCOc1ncc(NC(=O)Nc2ccccc2CC)c(OCC)n1. The van der Waals surface area contributed by atoms with E-state index < -0.39 is 0 Å². The molecule has 0 aliphatic carbocycles. The molecule has 0 saturated heterocycles. The molecule has 1 heterocycles. The van der Waals surface area contributed by atoms with Crippen molar-refractivity contribution in [1.82, 2.24) is 9.97 Å². The standard InChI is InChI=1S/C17H22N4O3/c1-4-12-9-7-8-10-13(12)19-16(22)20-14-11-18-17(24-6-3)21-15(14)23-5-2/h7-11H,4-6H2,1-3H3,(H2,19,20,22). The van der Waals surface area contributed by atoms with Gasteiger partial charge in [0.2, 0.25) is 5.88 Å². The number of nitrogens with one attached hydrogen (secondary N) is 2. The first-order chi connectivity index (χ1) is 11.7. The largest absolute Gasteiger partial charge is 0.476 e. The molecule has 0 spiro atoms. The van der Waals surface area contributed by atoms with Crippen molar-refractivity contribution >= 4 is 17.4 Å². The highest BCUT2D eigenvalue weighted by Gasteiger charge is 2.13. The Morgan fingerprint density at radius 2 is 1.75 bits per heavy atom. The van der Waals surface area contributed by atoms with E-state index in [4.69, 9.17) is 9.47 Å². The summed E-state index contributed by atoms with van der Waals surface area (Å²) in [4.78, 5) is 20.4. The summed E-state index contributed by atoms with van der Waals surface area (Å²) in [6.45, 7) is 6.58. The molecule has 1 aromatic carbocycles. The number of rotatable bonds is 7. The monoisotopic (exact) mass is 330 g/mol. The van der Waals surface area contributed by atoms with Crippen LogP contribution in [0.4, 0.5) is 16.2 Å². The van der Waals surface area contributed by atoms with Gasteiger partial charge in [-0.3, -0.25) is 0 Å². The number of ether oxygens (including phenoxy) is 2. The minimum Gasteiger partial charge on any atom is -0.476 e. The van der Waals surface area contributed by atoms with Gasteiger partial charge in [0.1, 0.15) is 5.69 Å². The molecule has 0 aliphatic rings. The van der Waals surface area contributed by atoms with Gasteiger partial charge in [-0.1, -0.05) is 25.1 Å². The number of hydrogen-bond acceptors (Lipinski definition) is 5. The number of aryl methyl sites for hydroxylation is 1. The van der Waals surface area contributed by atoms with Gasteiger partial charge in [0, 0.05) is 5.69 Å². The minimum absolute atomic E-state index is 0.211. The van der Waals surface area contributed by atoms with E-state index in [-0.39, 0.29) is 17.9 Å². The molecule has 0 saturated carbocycles. The van der Waals surface area contributed by atoms with Gasteiger partial charge in [-0.15, -0.1) is 0 Å². The molecule has 128 valence electrons. The summed E-state index contributed by atoms with van der Waals surface area (Å²) < 4.78 is 10.7. The maximum absolute atomic E-state index is 12.3. The van der Waals surface area contributed by atoms with Gasteiger partial charge in [-0.2, -0.15) is 4.98 Å². The van der Waals surface area contributed by atoms with Crippen LogP contribution in [0.3, 0.4) is 0 Å². The average Bonchev–Trinajstić information content (AvgIpc) is 2.58. The van der Waals surface area contributed by atoms with Gasteiger partial charge in [0.05, 0.1) is 19.4 Å². The van der Waals surface area contributed by atoms with Crippen LogP contribution in [0.2, 0.25) is 0 Å². The molecule has 2 rings (SSSR count). The maximum Gasteiger partial charge on any atom is 0.323 e. The van der Waals surface area contributed by atoms with E-state index in [0.29, 0.717) is 18.9 Å². The molecule has 0 aliphatic heterocycles. The van der Waals surface area contributed by atoms with Crippen LogP contribution in [-0.2, 0) is 6.42 Å². The van der Waals surface area contributed by atoms with Crippen molar-refractivity contribution in [2.24, 2.45) is 0 Å². The van der Waals surface area contributed by atoms with Crippen molar-refractivity contribution in [2.75, 3.05) is 23.8 Å². The van der Waals surface area contributed by atoms with E-state index in [2.05, 4.69) is 20.6 Å². The van der Waals surface area contributed by atoms with Crippen LogP contribution in [0.5, 0.6) is 11.9 Å². The Kier molecular flexibility index (Phi) is 6.36. The van der Waals surface area contributed by atoms with Crippen molar-refractivity contribution in [3.63, 3.8) is 0 Å². The number of hydrogen-bond donors (Lipinski definition) is 2. The third-order valence-corrected chi connectivity index (χ3v) is 3.18. The molecule has 0 bridgehead atoms. The summed E-state index contributed by atoms with van der Waals surface area (Å²) in [7, 11) is 0. The molecule has 2 amide bonds. The van der Waals surface area contributed by atoms with Gasteiger partial charge >= 0.3 is 12.0 Å². The van der Waals surface area contributed by atoms with E-state index in [0.717, 1.165) is 17.7 Å². The molecule has 0 atom stereocenters. The molecule has 2 N–H and O–H groups in total. The lowest BCUT2D eigenvalue weighted by Gasteiger charge is -2.13. The Labute approximate surface area is 141 Å². The highest BCUT2D eigenvalue weighted by atomic mass is 16.5. The minimum atomic E-state index is -0.385. The zero-order chi connectivity index (χ0) is 17.4. The van der Waals surface area contributed by atoms with Crippen molar-refractivity contribution in [2.45, 2.75) is 27.2 Å². The van der Waals surface area contributed by atoms with Crippen LogP contribution in [0.15, 0.2) is 30.5 Å². The van der Waals surface area contributed by atoms with E-state index in [1.54, 1.807) is 0 Å². The lowest BCUT2D eigenvalue weighted by molar-refractivity contribution is 0.261. The van der Waals surface area contributed by atoms with E-state index in [1.165, 1.54) is 6.20 Å². The zero-order valence-electron chi connectivity index (χ0n) is 14.1. The van der Waals surface area contributed by atoms with E-state index >= 15 is 0 Å². The fourth-order valence-electron chi connectivity index (χ4n) is 2.11. The second-order valence-electron chi connectivity index (χ2n) is 4.83. The smallest absolute Gasteiger partial charge is 0.323 e. The van der Waals surface area contributed by atoms with E-state index in [1.807, 2.05) is 45.0 Å². The average molecular weight is 330 g/mol. The predicted octanol–water partition coefficient (Wildman–Crippen LogP) is 3.48. The molecule has 0 unspecified atom stereocenters. The molecule has 24 heavy (non-hydrogen) atoms. The molecule has 0 fully saturated rings. The first-order valence-corrected chi connectivity index (χ1v) is 7.96. The summed E-state index contributed by atoms with van der Waals surface area (Å²) in [5, 5.41) is 5.54. The second kappa shape index (κ2) is 8.71. The molecule has 1 aromatic heterocycles. The summed E-state index contributed by atoms with van der Waals surface area (Å²) in [5.74, 6) is 0.273. The third kappa shape index (κ3) is 4.58. The van der Waals surface area contributed by atoms with Gasteiger partial charge in [-0.05, 0) is 31.9 Å². The van der Waals surface area contributed by atoms with Crippen molar-refractivity contribution in [3.8, 4) is 11.9 Å². The number of para-hydroxylation sites is 1. The summed E-state index contributed by atoms with van der Waals surface area (Å²) >= 11 is 0. The fraction of sp³-hybridized carbons (Fsp3) is 0.353. The predicted molar refractivity (Wildman–Crippen MR) is 92.8 cm³/mol. The van der Waals surface area contributed by atoms with Crippen LogP contribution in [0, 0.1) is 0 Å². The topological polar surface area (TPSA) is 85.4 Å². The number of aromatic nitrogens is 2. The Balaban J connectivity index is 2.13. The highest BCUT2D eigenvalue weighted by molar-refractivity contribution is 6.00. The van der Waals surface area contributed by atoms with Crippen LogP contribution < -0.4 is 20.1 Å². The molecular weight excluding hydrogens is 308 g/mol. The van der Waals surface area contributed by atoms with Crippen molar-refractivity contribution in [3.05, 3.63) is 36.0 Å². The lowest BCUT2D eigenvalue weighted by Crippen LogP contribution is -2.21. The summed E-state index contributed by atoms with van der Waals surface area (Å²) in [6.07, 6.45) is 2.29. The third-order valence-electron chi connectivity index (χ3n) is 3.18. The lowest BCUT2D eigenvalue weighted by atomic mass is 10.1. The van der Waals surface area contributed by atoms with Crippen molar-refractivity contribution in [1.29, 1.82) is 0 Å². The van der Waals surface area contributed by atoms with E-state index in [9.17, 15) is 4.79 Å². The molecule has 0 radical (unpaired) electrons. The number of nitrogens with zero attached hydrogens (tertiary/aromatic N) is 2. The van der Waals surface area contributed by atoms with Crippen LogP contribution in [-0.4, -0.2) is 29.2 Å². The summed E-state index contributed by atoms with van der Waals surface area (Å²) in [6, 6.07) is 7.47. The van der Waals surface area contributed by atoms with Crippen LogP contribution >= 0.6 is 0 Å². The van der Waals surface area contributed by atoms with Gasteiger partial charge in [0.25, 0.3) is 0 Å². The Hall–Kier alpha value is -2.83. The molecular formula is C17H22N4O3. The van der Waals surface area contributed by atoms with Crippen LogP contribution in [0.1, 0.15) is 26.3 Å². The second-order valence-corrected chi connectivity index (χ2v) is 4.83. The Morgan fingerprint density at radius 3 is 2.46 bits per heavy atom. The van der Waals surface area contributed by atoms with Gasteiger partial charge in [0.15, 0.2) is 0 Å².